The smallest absolute Gasteiger partial charge is 0.390 e. The molecule has 0 radical (unpaired) electrons. The fourth-order valence-electron chi connectivity index (χ4n) is 2.76. The first-order chi connectivity index (χ1) is 16.7. The van der Waals surface area contributed by atoms with E-state index in [4.69, 9.17) is 14.5 Å². The van der Waals surface area contributed by atoms with Crippen LogP contribution in [0.1, 0.15) is 13.3 Å². The number of phosphoric ester groups is 2. The average molecular weight is 579 g/mol. The van der Waals surface area contributed by atoms with Crippen molar-refractivity contribution in [1.29, 1.82) is 5.26 Å². The Kier molecular flexibility index (Phi) is 13.0. The van der Waals surface area contributed by atoms with E-state index in [1.165, 1.54) is 13.1 Å². The first-order valence-electron chi connectivity index (χ1n) is 9.93. The van der Waals surface area contributed by atoms with Gasteiger partial charge in [-0.3, -0.25) is 33.0 Å². The maximum atomic E-state index is 12.8. The molecule has 2 amide bonds. The third-order valence-corrected chi connectivity index (χ3v) is 9.47. The van der Waals surface area contributed by atoms with Crippen LogP contribution in [0.25, 0.3) is 0 Å². The van der Waals surface area contributed by atoms with Crippen molar-refractivity contribution >= 4 is 35.3 Å². The summed E-state index contributed by atoms with van der Waals surface area (Å²) in [6.45, 7) is 0.530. The minimum atomic E-state index is -4.99. The van der Waals surface area contributed by atoms with Crippen LogP contribution in [0.15, 0.2) is 12.3 Å². The molecular formula is C16H28N3O14P3. The molecule has 206 valence electrons. The molecule has 1 fully saturated rings. The number of hydrogen-bond donors (Lipinski definition) is 4. The second kappa shape index (κ2) is 14.4. The molecule has 0 spiro atoms. The number of nitrogens with one attached hydrogen (secondary N) is 2. The summed E-state index contributed by atoms with van der Waals surface area (Å²) >= 11 is 0. The average Bonchev–Trinajstić information content (AvgIpc) is 3.09. The van der Waals surface area contributed by atoms with Crippen LogP contribution >= 0.6 is 23.5 Å². The molecule has 7 atom stereocenters. The van der Waals surface area contributed by atoms with Crippen molar-refractivity contribution in [3.63, 3.8) is 0 Å². The molecular weight excluding hydrogens is 551 g/mol. The van der Waals surface area contributed by atoms with E-state index in [-0.39, 0.29) is 13.0 Å². The van der Waals surface area contributed by atoms with Gasteiger partial charge in [0.25, 0.3) is 5.91 Å². The number of phosphoric acid groups is 3. The summed E-state index contributed by atoms with van der Waals surface area (Å²) in [6.07, 6.45) is -1.07. The molecule has 20 heteroatoms. The van der Waals surface area contributed by atoms with E-state index in [9.17, 15) is 33.3 Å². The van der Waals surface area contributed by atoms with Crippen LogP contribution in [-0.2, 0) is 54.7 Å². The topological polar surface area (TPSA) is 238 Å². The van der Waals surface area contributed by atoms with Gasteiger partial charge in [-0.2, -0.15) is 13.9 Å². The highest BCUT2D eigenvalue weighted by Crippen LogP contribution is 2.71. The Balaban J connectivity index is 2.84. The lowest BCUT2D eigenvalue weighted by atomic mass is 9.93. The Morgan fingerprint density at radius 2 is 1.72 bits per heavy atom. The Morgan fingerprint density at radius 3 is 2.25 bits per heavy atom. The maximum Gasteiger partial charge on any atom is 0.492 e. The van der Waals surface area contributed by atoms with Gasteiger partial charge in [-0.25, -0.2) is 13.7 Å². The van der Waals surface area contributed by atoms with Gasteiger partial charge in [-0.1, -0.05) is 0 Å². The zero-order chi connectivity index (χ0) is 27.6. The van der Waals surface area contributed by atoms with Gasteiger partial charge in [-0.15, -0.1) is 0 Å². The molecule has 1 saturated heterocycles. The number of hydrogen-bond acceptors (Lipinski definition) is 15. The van der Waals surface area contributed by atoms with Crippen LogP contribution < -0.4 is 10.6 Å². The third kappa shape index (κ3) is 10.5. The number of nitriles is 1. The standard InChI is InChI=1S/C16H28N3O14P3/c1-11(20)19-15(21)6-8-18-9-13-16(22)12(5-7-17)14(31-13)10-30-35(25,28-3)33-36(26,29-4)32-34(23,24)27-2/h6,8,12-14,16,18,22H,5,9-10H2,1-4H3,(H,23,24)(H,19,20,21)/b8-6-/t12-,13+,14-,16-,35?,36?/m1/s1. The molecule has 17 nitrogen and oxygen atoms in total. The number of ether oxygens (including phenoxy) is 1. The molecule has 1 heterocycles. The zero-order valence-electron chi connectivity index (χ0n) is 19.7. The number of aliphatic hydroxyl groups excluding tert-OH is 1. The summed E-state index contributed by atoms with van der Waals surface area (Å²) < 4.78 is 69.6. The second-order valence-corrected chi connectivity index (χ2v) is 12.3. The Morgan fingerprint density at radius 1 is 1.08 bits per heavy atom. The van der Waals surface area contributed by atoms with Gasteiger partial charge < -0.3 is 20.1 Å². The minimum absolute atomic E-state index is 0.0304. The number of carbonyl (C=O) groups is 2. The lowest BCUT2D eigenvalue weighted by Crippen LogP contribution is -2.34. The van der Waals surface area contributed by atoms with Gasteiger partial charge in [0.05, 0.1) is 24.9 Å². The minimum Gasteiger partial charge on any atom is -0.390 e. The molecule has 0 aliphatic carbocycles. The summed E-state index contributed by atoms with van der Waals surface area (Å²) in [5, 5.41) is 24.3. The highest BCUT2D eigenvalue weighted by molar-refractivity contribution is 7.67. The number of aliphatic hydroxyl groups is 1. The Bertz CT molecular complexity index is 985. The van der Waals surface area contributed by atoms with Gasteiger partial charge in [0, 0.05) is 59.4 Å². The molecule has 1 aliphatic rings. The normalized spacial score (nSPS) is 26.9. The summed E-state index contributed by atoms with van der Waals surface area (Å²) in [6, 6.07) is 1.88. The molecule has 0 aromatic carbocycles. The fraction of sp³-hybridized carbons (Fsp3) is 0.688. The maximum absolute atomic E-state index is 12.8. The largest absolute Gasteiger partial charge is 0.492 e. The molecule has 0 aromatic heterocycles. The van der Waals surface area contributed by atoms with Gasteiger partial charge in [0.1, 0.15) is 6.10 Å². The fourth-order valence-corrected chi connectivity index (χ4v) is 6.83. The number of carbonyl (C=O) groups excluding carboxylic acids is 2. The van der Waals surface area contributed by atoms with E-state index < -0.39 is 66.1 Å². The Labute approximate surface area is 206 Å². The first kappa shape index (κ1) is 32.5. The molecule has 0 bridgehead atoms. The summed E-state index contributed by atoms with van der Waals surface area (Å²) in [7, 11) is -12.3. The van der Waals surface area contributed by atoms with Crippen molar-refractivity contribution in [2.75, 3.05) is 34.5 Å². The monoisotopic (exact) mass is 579 g/mol. The predicted octanol–water partition coefficient (Wildman–Crippen LogP) is 0.716. The number of amides is 2. The van der Waals surface area contributed by atoms with E-state index in [1.807, 2.05) is 11.4 Å². The van der Waals surface area contributed by atoms with Gasteiger partial charge in [0.15, 0.2) is 0 Å². The van der Waals surface area contributed by atoms with E-state index in [0.29, 0.717) is 0 Å². The van der Waals surface area contributed by atoms with E-state index in [1.54, 1.807) is 0 Å². The molecule has 1 rings (SSSR count). The zero-order valence-corrected chi connectivity index (χ0v) is 22.4. The summed E-state index contributed by atoms with van der Waals surface area (Å²) in [5.41, 5.74) is 0. The molecule has 36 heavy (non-hydrogen) atoms. The molecule has 0 aromatic rings. The van der Waals surface area contributed by atoms with Crippen LogP contribution in [0.5, 0.6) is 0 Å². The molecule has 0 saturated carbocycles. The number of rotatable bonds is 15. The van der Waals surface area contributed by atoms with Crippen molar-refractivity contribution < 1.29 is 64.7 Å². The number of imide groups is 1. The molecule has 1 aliphatic heterocycles. The van der Waals surface area contributed by atoms with Gasteiger partial charge in [-0.05, 0) is 0 Å². The van der Waals surface area contributed by atoms with Gasteiger partial charge in [0.2, 0.25) is 5.91 Å². The van der Waals surface area contributed by atoms with Crippen molar-refractivity contribution in [2.45, 2.75) is 31.7 Å². The van der Waals surface area contributed by atoms with Crippen molar-refractivity contribution in [3.05, 3.63) is 12.3 Å². The summed E-state index contributed by atoms with van der Waals surface area (Å²) in [4.78, 5) is 31.6. The lowest BCUT2D eigenvalue weighted by molar-refractivity contribution is -0.126. The van der Waals surface area contributed by atoms with Crippen LogP contribution in [0.3, 0.4) is 0 Å². The van der Waals surface area contributed by atoms with Crippen LogP contribution in [0.4, 0.5) is 0 Å². The van der Waals surface area contributed by atoms with Crippen molar-refractivity contribution in [1.82, 2.24) is 10.6 Å². The number of nitrogens with zero attached hydrogens (tertiary/aromatic N) is 1. The molecule has 3 unspecified atom stereocenters. The lowest BCUT2D eigenvalue weighted by Gasteiger charge is -2.23. The molecule has 4 N–H and O–H groups in total. The van der Waals surface area contributed by atoms with Gasteiger partial charge >= 0.3 is 23.5 Å². The van der Waals surface area contributed by atoms with Crippen LogP contribution in [0, 0.1) is 17.2 Å². The van der Waals surface area contributed by atoms with Crippen molar-refractivity contribution in [3.8, 4) is 6.07 Å². The highest BCUT2D eigenvalue weighted by Gasteiger charge is 2.47. The van der Waals surface area contributed by atoms with E-state index in [2.05, 4.69) is 27.5 Å². The SMILES string of the molecule is COP(=O)(O)OP(=O)(OC)OP(=O)(OC)OC[C@H]1O[C@@H](CN/C=C\C(=O)NC(C)=O)[C@H](O)[C@@H]1CC#N. The van der Waals surface area contributed by atoms with E-state index >= 15 is 0 Å². The van der Waals surface area contributed by atoms with Crippen LogP contribution in [0.2, 0.25) is 0 Å². The predicted molar refractivity (Wildman–Crippen MR) is 119 cm³/mol. The third-order valence-electron chi connectivity index (χ3n) is 4.42. The first-order valence-corrected chi connectivity index (χ1v) is 14.3. The highest BCUT2D eigenvalue weighted by atomic mass is 31.3. The summed E-state index contributed by atoms with van der Waals surface area (Å²) in [5.74, 6) is -2.04. The quantitative estimate of drug-likeness (QED) is 0.154. The second-order valence-electron chi connectivity index (χ2n) is 6.89. The Hall–Kier alpha value is -1.50. The van der Waals surface area contributed by atoms with Crippen LogP contribution in [-0.4, -0.2) is 74.6 Å². The van der Waals surface area contributed by atoms with Crippen molar-refractivity contribution in [2.24, 2.45) is 5.92 Å². The van der Waals surface area contributed by atoms with E-state index in [0.717, 1.165) is 27.4 Å².